The van der Waals surface area contributed by atoms with Crippen LogP contribution in [-0.4, -0.2) is 55.2 Å². The number of hydrogen-bond acceptors (Lipinski definition) is 4. The number of ether oxygens (including phenoxy) is 1. The Morgan fingerprint density at radius 3 is 2.39 bits per heavy atom. The highest BCUT2D eigenvalue weighted by Gasteiger charge is 2.44. The summed E-state index contributed by atoms with van der Waals surface area (Å²) in [7, 11) is 0. The van der Waals surface area contributed by atoms with E-state index in [0.29, 0.717) is 49.2 Å². The summed E-state index contributed by atoms with van der Waals surface area (Å²) in [5, 5.41) is 1.29. The number of piperazine rings is 1. The van der Waals surface area contributed by atoms with Crippen molar-refractivity contribution in [3.8, 4) is 0 Å². The molecule has 2 aromatic rings. The van der Waals surface area contributed by atoms with E-state index in [2.05, 4.69) is 9.88 Å². The molecule has 1 amide bonds. The van der Waals surface area contributed by atoms with Crippen LogP contribution in [0.4, 0.5) is 5.82 Å². The molecule has 0 spiro atoms. The number of pyridine rings is 1. The van der Waals surface area contributed by atoms with Crippen molar-refractivity contribution in [1.82, 2.24) is 9.88 Å². The van der Waals surface area contributed by atoms with Gasteiger partial charge in [-0.15, -0.1) is 0 Å². The molecular formula is C21H23Cl2N3O2. The minimum Gasteiger partial charge on any atom is -0.381 e. The molecule has 5 nitrogen and oxygen atoms in total. The van der Waals surface area contributed by atoms with E-state index >= 15 is 0 Å². The molecule has 1 aromatic carbocycles. The molecule has 0 radical (unpaired) electrons. The Morgan fingerprint density at radius 1 is 1.00 bits per heavy atom. The fourth-order valence-electron chi connectivity index (χ4n) is 4.13. The molecule has 0 bridgehead atoms. The van der Waals surface area contributed by atoms with Gasteiger partial charge in [-0.1, -0.05) is 35.3 Å². The second kappa shape index (κ2) is 8.27. The third-order valence-corrected chi connectivity index (χ3v) is 6.19. The van der Waals surface area contributed by atoms with E-state index in [0.717, 1.165) is 24.5 Å². The second-order valence-corrected chi connectivity index (χ2v) is 8.19. The number of hydrogen-bond donors (Lipinski definition) is 0. The zero-order valence-corrected chi connectivity index (χ0v) is 17.1. The summed E-state index contributed by atoms with van der Waals surface area (Å²) in [5.41, 5.74) is 0.444. The number of carbonyl (C=O) groups is 1. The summed E-state index contributed by atoms with van der Waals surface area (Å²) < 4.78 is 5.57. The number of carbonyl (C=O) groups excluding carboxylic acids is 1. The van der Waals surface area contributed by atoms with E-state index in [1.165, 1.54) is 0 Å². The van der Waals surface area contributed by atoms with Crippen LogP contribution in [0.3, 0.4) is 0 Å². The van der Waals surface area contributed by atoms with E-state index in [1.807, 2.05) is 41.3 Å². The average Bonchev–Trinajstić information content (AvgIpc) is 2.74. The van der Waals surface area contributed by atoms with Gasteiger partial charge >= 0.3 is 0 Å². The number of nitrogens with zero attached hydrogens (tertiary/aromatic N) is 3. The molecule has 7 heteroatoms. The van der Waals surface area contributed by atoms with Crippen molar-refractivity contribution >= 4 is 34.9 Å². The van der Waals surface area contributed by atoms with Crippen LogP contribution in [0.15, 0.2) is 42.6 Å². The van der Waals surface area contributed by atoms with Gasteiger partial charge < -0.3 is 14.5 Å². The zero-order chi connectivity index (χ0) is 19.6. The molecule has 2 saturated heterocycles. The van der Waals surface area contributed by atoms with Gasteiger partial charge in [0.05, 0.1) is 10.4 Å². The van der Waals surface area contributed by atoms with Gasteiger partial charge in [-0.05, 0) is 42.7 Å². The smallest absolute Gasteiger partial charge is 0.233 e. The molecule has 0 N–H and O–H groups in total. The first-order valence-electron chi connectivity index (χ1n) is 9.58. The van der Waals surface area contributed by atoms with Crippen molar-refractivity contribution in [2.45, 2.75) is 18.3 Å². The Hall–Kier alpha value is -1.82. The molecule has 28 heavy (non-hydrogen) atoms. The zero-order valence-electron chi connectivity index (χ0n) is 15.6. The van der Waals surface area contributed by atoms with Crippen LogP contribution < -0.4 is 4.90 Å². The van der Waals surface area contributed by atoms with Crippen LogP contribution in [0.1, 0.15) is 18.4 Å². The Labute approximate surface area is 175 Å². The van der Waals surface area contributed by atoms with Gasteiger partial charge in [-0.3, -0.25) is 4.79 Å². The summed E-state index contributed by atoms with van der Waals surface area (Å²) in [6, 6.07) is 11.5. The van der Waals surface area contributed by atoms with Crippen molar-refractivity contribution in [1.29, 1.82) is 0 Å². The third kappa shape index (κ3) is 3.84. The summed E-state index contributed by atoms with van der Waals surface area (Å²) in [6.07, 6.45) is 3.03. The maximum atomic E-state index is 13.7. The molecule has 1 aromatic heterocycles. The van der Waals surface area contributed by atoms with E-state index in [1.54, 1.807) is 6.20 Å². The highest BCUT2D eigenvalue weighted by molar-refractivity contribution is 6.30. The van der Waals surface area contributed by atoms with Gasteiger partial charge in [0.1, 0.15) is 5.82 Å². The van der Waals surface area contributed by atoms with Crippen LogP contribution in [0.25, 0.3) is 0 Å². The molecule has 0 saturated carbocycles. The third-order valence-electron chi connectivity index (χ3n) is 5.74. The molecule has 4 rings (SSSR count). The Morgan fingerprint density at radius 2 is 1.75 bits per heavy atom. The molecule has 0 aliphatic carbocycles. The monoisotopic (exact) mass is 419 g/mol. The Balaban J connectivity index is 1.51. The summed E-state index contributed by atoms with van der Waals surface area (Å²) in [4.78, 5) is 22.2. The van der Waals surface area contributed by atoms with Gasteiger partial charge in [-0.25, -0.2) is 4.98 Å². The highest BCUT2D eigenvalue weighted by atomic mass is 35.5. The van der Waals surface area contributed by atoms with Crippen LogP contribution in [0, 0.1) is 0 Å². The molecular weight excluding hydrogens is 397 g/mol. The first-order chi connectivity index (χ1) is 13.6. The number of rotatable bonds is 3. The van der Waals surface area contributed by atoms with Crippen LogP contribution >= 0.6 is 23.2 Å². The lowest BCUT2D eigenvalue weighted by Gasteiger charge is -2.43. The predicted octanol–water partition coefficient (Wildman–Crippen LogP) is 3.79. The topological polar surface area (TPSA) is 45.7 Å². The van der Waals surface area contributed by atoms with Crippen molar-refractivity contribution in [2.24, 2.45) is 0 Å². The fourth-order valence-corrected chi connectivity index (χ4v) is 4.43. The highest BCUT2D eigenvalue weighted by Crippen LogP contribution is 2.38. The number of benzene rings is 1. The minimum absolute atomic E-state index is 0.182. The number of amides is 1. The maximum Gasteiger partial charge on any atom is 0.233 e. The Bertz CT molecular complexity index is 830. The molecule has 0 unspecified atom stereocenters. The SMILES string of the molecule is O=C(N1CCN(c2ccc(Cl)cn2)CC1)C1(c2cccc(Cl)c2)CCOCC1. The van der Waals surface area contributed by atoms with Crippen LogP contribution in [0.2, 0.25) is 10.0 Å². The van der Waals surface area contributed by atoms with Crippen molar-refractivity contribution in [3.63, 3.8) is 0 Å². The predicted molar refractivity (Wildman–Crippen MR) is 111 cm³/mol. The van der Waals surface area contributed by atoms with E-state index in [9.17, 15) is 4.79 Å². The summed E-state index contributed by atoms with van der Waals surface area (Å²) in [5.74, 6) is 1.08. The number of halogens is 2. The van der Waals surface area contributed by atoms with Gasteiger partial charge in [0, 0.05) is 50.6 Å². The quantitative estimate of drug-likeness (QED) is 0.758. The molecule has 148 valence electrons. The van der Waals surface area contributed by atoms with Crippen LogP contribution in [-0.2, 0) is 14.9 Å². The summed E-state index contributed by atoms with van der Waals surface area (Å²) in [6.45, 7) is 4.03. The van der Waals surface area contributed by atoms with Crippen molar-refractivity contribution in [3.05, 3.63) is 58.2 Å². The Kier molecular flexibility index (Phi) is 5.76. The van der Waals surface area contributed by atoms with Crippen molar-refractivity contribution < 1.29 is 9.53 Å². The second-order valence-electron chi connectivity index (χ2n) is 7.32. The van der Waals surface area contributed by atoms with E-state index in [-0.39, 0.29) is 5.91 Å². The van der Waals surface area contributed by atoms with Gasteiger partial charge in [-0.2, -0.15) is 0 Å². The van der Waals surface area contributed by atoms with Gasteiger partial charge in [0.15, 0.2) is 0 Å². The lowest BCUT2D eigenvalue weighted by atomic mass is 9.73. The van der Waals surface area contributed by atoms with Gasteiger partial charge in [0.2, 0.25) is 5.91 Å². The first-order valence-corrected chi connectivity index (χ1v) is 10.3. The minimum atomic E-state index is -0.552. The lowest BCUT2D eigenvalue weighted by Crippen LogP contribution is -2.56. The van der Waals surface area contributed by atoms with Crippen LogP contribution in [0.5, 0.6) is 0 Å². The molecule has 2 aliphatic rings. The van der Waals surface area contributed by atoms with E-state index < -0.39 is 5.41 Å². The summed E-state index contributed by atoms with van der Waals surface area (Å²) >= 11 is 12.2. The van der Waals surface area contributed by atoms with E-state index in [4.69, 9.17) is 27.9 Å². The average molecular weight is 420 g/mol. The first kappa shape index (κ1) is 19.5. The molecule has 0 atom stereocenters. The molecule has 2 aliphatic heterocycles. The van der Waals surface area contributed by atoms with Crippen molar-refractivity contribution in [2.75, 3.05) is 44.3 Å². The largest absolute Gasteiger partial charge is 0.381 e. The lowest BCUT2D eigenvalue weighted by molar-refractivity contribution is -0.141. The van der Waals surface area contributed by atoms with Gasteiger partial charge in [0.25, 0.3) is 0 Å². The fraction of sp³-hybridized carbons (Fsp3) is 0.429. The number of anilines is 1. The number of aromatic nitrogens is 1. The maximum absolute atomic E-state index is 13.7. The normalized spacial score (nSPS) is 19.5. The molecule has 3 heterocycles. The standard InChI is InChI=1S/C21H23Cl2N3O2/c22-17-3-1-2-16(14-17)21(6-12-28-13-7-21)20(27)26-10-8-25(9-11-26)19-5-4-18(23)15-24-19/h1-5,14-15H,6-13H2. The molecule has 2 fully saturated rings.